The zero-order valence-electron chi connectivity index (χ0n) is 15.9. The second kappa shape index (κ2) is 10.9. The van der Waals surface area contributed by atoms with Crippen LogP contribution in [0.1, 0.15) is 17.3 Å². The van der Waals surface area contributed by atoms with Gasteiger partial charge in [-0.2, -0.15) is 13.2 Å². The minimum absolute atomic E-state index is 0.0735. The largest absolute Gasteiger partial charge is 0.542 e. The van der Waals surface area contributed by atoms with E-state index in [-0.39, 0.29) is 5.78 Å². The van der Waals surface area contributed by atoms with Crippen molar-refractivity contribution in [3.8, 4) is 17.2 Å². The maximum absolute atomic E-state index is 11.3. The van der Waals surface area contributed by atoms with Gasteiger partial charge in [-0.3, -0.25) is 4.79 Å². The number of methoxy groups -OCH3 is 3. The summed E-state index contributed by atoms with van der Waals surface area (Å²) in [6.07, 6.45) is -5.19. The van der Waals surface area contributed by atoms with Crippen molar-refractivity contribution in [3.05, 3.63) is 49.1 Å². The molecule has 0 saturated heterocycles. The van der Waals surface area contributed by atoms with Crippen molar-refractivity contribution in [1.29, 1.82) is 0 Å². The lowest BCUT2D eigenvalue weighted by atomic mass is 10.2. The van der Waals surface area contributed by atoms with Crippen LogP contribution in [0.25, 0.3) is 0 Å². The number of benzene rings is 2. The number of carbonyl (C=O) groups excluding carboxylic acids is 2. The van der Waals surface area contributed by atoms with Gasteiger partial charge in [0.05, 0.1) is 21.3 Å². The van der Waals surface area contributed by atoms with Crippen LogP contribution >= 0.6 is 0 Å². The molecule has 0 spiro atoms. The topological polar surface area (TPSA) is 84.9 Å². The quantitative estimate of drug-likeness (QED) is 0.368. The van der Waals surface area contributed by atoms with Gasteiger partial charge in [0.25, 0.3) is 3.57 Å². The van der Waals surface area contributed by atoms with E-state index >= 15 is 0 Å². The lowest BCUT2D eigenvalue weighted by molar-refractivity contribution is -0.598. The fourth-order valence-corrected chi connectivity index (χ4v) is 4.54. The Hall–Kier alpha value is -2.50. The highest BCUT2D eigenvalue weighted by Gasteiger charge is 2.29. The molecule has 2 aromatic rings. The molecule has 6 nitrogen and oxygen atoms in total. The van der Waals surface area contributed by atoms with Crippen molar-refractivity contribution in [2.45, 2.75) is 13.1 Å². The van der Waals surface area contributed by atoms with Gasteiger partial charge in [-0.25, -0.2) is 0 Å². The molecule has 0 aliphatic heterocycles. The van der Waals surface area contributed by atoms with Gasteiger partial charge in [0.1, 0.15) is 11.7 Å². The first kappa shape index (κ1) is 24.5. The first-order valence-electron chi connectivity index (χ1n) is 7.87. The molecule has 0 unspecified atom stereocenters. The number of hydrogen-bond acceptors (Lipinski definition) is 6. The monoisotopic (exact) mass is 526 g/mol. The van der Waals surface area contributed by atoms with Crippen molar-refractivity contribution in [1.82, 2.24) is 0 Å². The highest BCUT2D eigenvalue weighted by Crippen LogP contribution is 2.27. The summed E-state index contributed by atoms with van der Waals surface area (Å²) in [5, 5.41) is 8.78. The SMILES string of the molecule is COc1cc(OC)c([I+]c2ccc(C(C)=O)cc2)c(OC)c1.O=C([O-])C(F)(F)F. The summed E-state index contributed by atoms with van der Waals surface area (Å²) in [6.45, 7) is 1.57. The van der Waals surface area contributed by atoms with Crippen LogP contribution in [0.3, 0.4) is 0 Å². The molecule has 0 aromatic heterocycles. The minimum Gasteiger partial charge on any atom is -0.542 e. The number of Topliss-reactive ketones (excluding diaryl/α,β-unsaturated/α-hetero) is 1. The molecule has 0 aliphatic carbocycles. The molecule has 2 rings (SSSR count). The van der Waals surface area contributed by atoms with Crippen molar-refractivity contribution in [3.63, 3.8) is 0 Å². The van der Waals surface area contributed by atoms with Gasteiger partial charge in [0, 0.05) is 17.7 Å². The predicted molar refractivity (Wildman–Crippen MR) is 91.0 cm³/mol. The Morgan fingerprint density at radius 3 is 1.69 bits per heavy atom. The Kier molecular flexibility index (Phi) is 9.21. The molecule has 0 bridgehead atoms. The molecule has 158 valence electrons. The smallest absolute Gasteiger partial charge is 0.430 e. The van der Waals surface area contributed by atoms with E-state index in [2.05, 4.69) is 0 Å². The Labute approximate surface area is 175 Å². The minimum atomic E-state index is -5.19. The number of hydrogen-bond donors (Lipinski definition) is 0. The van der Waals surface area contributed by atoms with Crippen LogP contribution in [0, 0.1) is 7.14 Å². The van der Waals surface area contributed by atoms with Crippen molar-refractivity contribution in [2.75, 3.05) is 21.3 Å². The number of carboxylic acid groups (broad SMARTS) is 1. The molecular formula is C19H18F3IO6. The molecule has 0 amide bonds. The number of ketones is 1. The second-order valence-corrected chi connectivity index (χ2v) is 8.15. The van der Waals surface area contributed by atoms with Crippen LogP contribution in [0.5, 0.6) is 17.2 Å². The lowest BCUT2D eigenvalue weighted by Gasteiger charge is -2.08. The van der Waals surface area contributed by atoms with Crippen LogP contribution < -0.4 is 40.5 Å². The molecule has 10 heteroatoms. The van der Waals surface area contributed by atoms with Crippen LogP contribution in [0.4, 0.5) is 13.2 Å². The van der Waals surface area contributed by atoms with Crippen molar-refractivity contribution in [2.24, 2.45) is 0 Å². The standard InChI is InChI=1S/C17H18IO4.C2HF3O2/c1-11(19)12-5-7-13(8-6-12)18-17-15(21-3)9-14(20-2)10-16(17)22-4;3-2(4,5)1(6)7/h5-10H,1-4H3;(H,6,7)/q+1;/p-1. The number of carbonyl (C=O) groups is 2. The van der Waals surface area contributed by atoms with Gasteiger partial charge in [0.2, 0.25) is 0 Å². The van der Waals surface area contributed by atoms with Crippen molar-refractivity contribution >= 4 is 11.8 Å². The zero-order chi connectivity index (χ0) is 22.2. The maximum Gasteiger partial charge on any atom is 0.430 e. The molecule has 0 saturated carbocycles. The number of alkyl halides is 3. The van der Waals surface area contributed by atoms with Gasteiger partial charge in [-0.15, -0.1) is 0 Å². The van der Waals surface area contributed by atoms with E-state index in [4.69, 9.17) is 24.1 Å². The molecule has 2 aromatic carbocycles. The summed E-state index contributed by atoms with van der Waals surface area (Å²) >= 11 is -0.495. The number of carboxylic acids is 1. The molecular weight excluding hydrogens is 508 g/mol. The summed E-state index contributed by atoms with van der Waals surface area (Å²) in [5.74, 6) is -0.704. The molecule has 0 N–H and O–H groups in total. The lowest BCUT2D eigenvalue weighted by Crippen LogP contribution is -3.61. The molecule has 0 atom stereocenters. The van der Waals surface area contributed by atoms with Crippen LogP contribution in [0.15, 0.2) is 36.4 Å². The summed E-state index contributed by atoms with van der Waals surface area (Å²) in [6, 6.07) is 11.4. The average molecular weight is 526 g/mol. The van der Waals surface area contributed by atoms with E-state index in [1.54, 1.807) is 28.3 Å². The fourth-order valence-electron chi connectivity index (χ4n) is 1.91. The third-order valence-electron chi connectivity index (χ3n) is 3.34. The maximum atomic E-state index is 11.3. The summed E-state index contributed by atoms with van der Waals surface area (Å²) in [5.41, 5.74) is 0.724. The first-order chi connectivity index (χ1) is 13.5. The fraction of sp³-hybridized carbons (Fsp3) is 0.263. The highest BCUT2D eigenvalue weighted by molar-refractivity contribution is 5.93. The average Bonchev–Trinajstić information content (AvgIpc) is 2.68. The van der Waals surface area contributed by atoms with E-state index in [1.807, 2.05) is 36.4 Å². The second-order valence-electron chi connectivity index (χ2n) is 5.29. The Bertz CT molecular complexity index is 825. The van der Waals surface area contributed by atoms with Crippen LogP contribution in [0.2, 0.25) is 0 Å². The Morgan fingerprint density at radius 2 is 1.38 bits per heavy atom. The third-order valence-corrected chi connectivity index (χ3v) is 6.29. The Morgan fingerprint density at radius 1 is 0.931 bits per heavy atom. The number of halogens is 4. The zero-order valence-corrected chi connectivity index (χ0v) is 18.1. The summed E-state index contributed by atoms with van der Waals surface area (Å²) in [7, 11) is 4.89. The van der Waals surface area contributed by atoms with E-state index in [0.29, 0.717) is 5.75 Å². The molecule has 0 radical (unpaired) electrons. The number of aliphatic carboxylic acids is 1. The van der Waals surface area contributed by atoms with E-state index < -0.39 is 33.4 Å². The summed E-state index contributed by atoms with van der Waals surface area (Å²) in [4.78, 5) is 20.1. The molecule has 0 heterocycles. The third kappa shape index (κ3) is 7.44. The van der Waals surface area contributed by atoms with Crippen LogP contribution in [-0.4, -0.2) is 39.3 Å². The summed E-state index contributed by atoms with van der Waals surface area (Å²) < 4.78 is 50.0. The van der Waals surface area contributed by atoms with Gasteiger partial charge in [0.15, 0.2) is 20.9 Å². The van der Waals surface area contributed by atoms with Crippen molar-refractivity contribution < 1.29 is 63.3 Å². The molecule has 0 fully saturated rings. The van der Waals surface area contributed by atoms with Gasteiger partial charge in [-0.1, -0.05) is 0 Å². The van der Waals surface area contributed by atoms with Crippen LogP contribution in [-0.2, 0) is 4.79 Å². The molecule has 0 aliphatic rings. The van der Waals surface area contributed by atoms with E-state index in [0.717, 1.165) is 20.6 Å². The van der Waals surface area contributed by atoms with Gasteiger partial charge >= 0.3 is 27.4 Å². The highest BCUT2D eigenvalue weighted by atomic mass is 127. The number of rotatable bonds is 6. The van der Waals surface area contributed by atoms with E-state index in [9.17, 15) is 18.0 Å². The van der Waals surface area contributed by atoms with Gasteiger partial charge in [-0.05, 0) is 31.2 Å². The Balaban J connectivity index is 0.000000516. The first-order valence-corrected chi connectivity index (χ1v) is 10.0. The van der Waals surface area contributed by atoms with Gasteiger partial charge < -0.3 is 24.1 Å². The normalized spacial score (nSPS) is 10.4. The number of ether oxygens (including phenoxy) is 3. The van der Waals surface area contributed by atoms with E-state index in [1.165, 1.54) is 3.57 Å². The predicted octanol–water partition coefficient (Wildman–Crippen LogP) is -0.658. The molecule has 29 heavy (non-hydrogen) atoms.